The van der Waals surface area contributed by atoms with Crippen molar-refractivity contribution in [2.75, 3.05) is 18.0 Å². The van der Waals surface area contributed by atoms with Gasteiger partial charge in [0.05, 0.1) is 11.7 Å². The third kappa shape index (κ3) is 2.59. The van der Waals surface area contributed by atoms with Crippen LogP contribution in [0.1, 0.15) is 25.3 Å². The fourth-order valence-electron chi connectivity index (χ4n) is 2.40. The van der Waals surface area contributed by atoms with E-state index in [0.29, 0.717) is 18.8 Å². The van der Waals surface area contributed by atoms with E-state index in [9.17, 15) is 9.18 Å². The van der Waals surface area contributed by atoms with Gasteiger partial charge in [-0.05, 0) is 31.5 Å². The number of carbonyl (C=O) groups excluding carboxylic acids is 1. The summed E-state index contributed by atoms with van der Waals surface area (Å²) < 4.78 is 13.6. The molecule has 0 aliphatic carbocycles. The zero-order valence-electron chi connectivity index (χ0n) is 10.8. The first kappa shape index (κ1) is 13.5. The summed E-state index contributed by atoms with van der Waals surface area (Å²) in [4.78, 5) is 13.8. The van der Waals surface area contributed by atoms with Gasteiger partial charge in [-0.3, -0.25) is 4.79 Å². The Balaban J connectivity index is 2.34. The van der Waals surface area contributed by atoms with Crippen LogP contribution in [-0.4, -0.2) is 25.0 Å². The summed E-state index contributed by atoms with van der Waals surface area (Å²) in [5, 5.41) is 12.2. The maximum atomic E-state index is 13.6. The normalized spacial score (nSPS) is 19.3. The van der Waals surface area contributed by atoms with Gasteiger partial charge < -0.3 is 10.2 Å². The summed E-state index contributed by atoms with van der Waals surface area (Å²) in [6.45, 7) is 3.17. The Morgan fingerprint density at radius 1 is 1.58 bits per heavy atom. The van der Waals surface area contributed by atoms with Crippen LogP contribution >= 0.6 is 0 Å². The molecule has 1 fully saturated rings. The fraction of sp³-hybridized carbons (Fsp3) is 0.429. The van der Waals surface area contributed by atoms with Gasteiger partial charge in [0.1, 0.15) is 17.4 Å². The Hall–Kier alpha value is -1.93. The van der Waals surface area contributed by atoms with Gasteiger partial charge in [0, 0.05) is 6.54 Å². The Labute approximate surface area is 111 Å². The van der Waals surface area contributed by atoms with Crippen LogP contribution < -0.4 is 10.2 Å². The molecule has 0 bridgehead atoms. The molecule has 1 N–H and O–H groups in total. The van der Waals surface area contributed by atoms with Crippen molar-refractivity contribution in [3.63, 3.8) is 0 Å². The highest BCUT2D eigenvalue weighted by atomic mass is 19.1. The van der Waals surface area contributed by atoms with Gasteiger partial charge in [-0.1, -0.05) is 13.0 Å². The van der Waals surface area contributed by atoms with Crippen LogP contribution in [0.3, 0.4) is 0 Å². The highest BCUT2D eigenvalue weighted by Gasteiger charge is 2.30. The van der Waals surface area contributed by atoms with E-state index >= 15 is 0 Å². The van der Waals surface area contributed by atoms with Gasteiger partial charge in [0.2, 0.25) is 5.91 Å². The Bertz CT molecular complexity index is 522. The van der Waals surface area contributed by atoms with E-state index in [1.807, 2.05) is 13.0 Å². The molecule has 1 heterocycles. The second kappa shape index (κ2) is 5.81. The summed E-state index contributed by atoms with van der Waals surface area (Å²) in [5.41, 5.74) is 0.308. The number of hydrogen-bond acceptors (Lipinski definition) is 3. The summed E-state index contributed by atoms with van der Waals surface area (Å²) in [6, 6.07) is 5.97. The lowest BCUT2D eigenvalue weighted by molar-refractivity contribution is -0.121. The zero-order valence-corrected chi connectivity index (χ0v) is 10.8. The number of likely N-dealkylation sites (N-methyl/N-ethyl adjacent to an activating group) is 1. The van der Waals surface area contributed by atoms with Crippen LogP contribution in [0.5, 0.6) is 0 Å². The first-order valence-electron chi connectivity index (χ1n) is 6.42. The molecule has 19 heavy (non-hydrogen) atoms. The van der Waals surface area contributed by atoms with E-state index in [1.165, 1.54) is 17.0 Å². The van der Waals surface area contributed by atoms with Crippen molar-refractivity contribution in [3.05, 3.63) is 29.6 Å². The van der Waals surface area contributed by atoms with E-state index in [4.69, 9.17) is 5.26 Å². The van der Waals surface area contributed by atoms with Gasteiger partial charge in [0.25, 0.3) is 0 Å². The Morgan fingerprint density at radius 3 is 3.05 bits per heavy atom. The number of anilines is 1. The molecule has 0 aromatic heterocycles. The maximum Gasteiger partial charge on any atom is 0.244 e. The third-order valence-corrected chi connectivity index (χ3v) is 3.28. The second-order valence-electron chi connectivity index (χ2n) is 4.49. The van der Waals surface area contributed by atoms with Crippen LogP contribution in [-0.2, 0) is 4.79 Å². The molecular weight excluding hydrogens is 245 g/mol. The van der Waals surface area contributed by atoms with Gasteiger partial charge in [0.15, 0.2) is 0 Å². The molecule has 1 aromatic carbocycles. The number of nitriles is 1. The maximum absolute atomic E-state index is 13.6. The van der Waals surface area contributed by atoms with E-state index in [2.05, 4.69) is 5.32 Å². The Morgan fingerprint density at radius 2 is 2.37 bits per heavy atom. The summed E-state index contributed by atoms with van der Waals surface area (Å²) in [5.74, 6) is -0.673. The average Bonchev–Trinajstić information content (AvgIpc) is 2.41. The largest absolute Gasteiger partial charge is 0.310 e. The predicted molar refractivity (Wildman–Crippen MR) is 70.2 cm³/mol. The van der Waals surface area contributed by atoms with Gasteiger partial charge >= 0.3 is 0 Å². The number of piperidine rings is 1. The molecule has 1 atom stereocenters. The lowest BCUT2D eigenvalue weighted by Gasteiger charge is -2.33. The molecule has 1 aromatic rings. The van der Waals surface area contributed by atoms with Crippen molar-refractivity contribution < 1.29 is 9.18 Å². The van der Waals surface area contributed by atoms with Gasteiger partial charge in [-0.25, -0.2) is 4.39 Å². The number of benzene rings is 1. The van der Waals surface area contributed by atoms with Gasteiger partial charge in [-0.2, -0.15) is 5.26 Å². The fourth-order valence-corrected chi connectivity index (χ4v) is 2.40. The van der Waals surface area contributed by atoms with Crippen LogP contribution in [0.4, 0.5) is 10.1 Å². The molecule has 0 spiro atoms. The van der Waals surface area contributed by atoms with Crippen LogP contribution in [0, 0.1) is 17.1 Å². The van der Waals surface area contributed by atoms with Crippen LogP contribution in [0.2, 0.25) is 0 Å². The molecule has 0 radical (unpaired) electrons. The van der Waals surface area contributed by atoms with Crippen molar-refractivity contribution in [2.24, 2.45) is 0 Å². The minimum atomic E-state index is -0.585. The highest BCUT2D eigenvalue weighted by molar-refractivity contribution is 5.99. The van der Waals surface area contributed by atoms with E-state index in [1.54, 1.807) is 6.07 Å². The van der Waals surface area contributed by atoms with Crippen LogP contribution in [0.15, 0.2) is 18.2 Å². The Kier molecular flexibility index (Phi) is 4.13. The number of hydrogen-bond donors (Lipinski definition) is 1. The molecule has 0 saturated carbocycles. The molecular formula is C14H16FN3O. The SMILES string of the molecule is CCNC1CCCN(c2cccc(F)c2C#N)C1=O. The van der Waals surface area contributed by atoms with Crippen molar-refractivity contribution in [3.8, 4) is 6.07 Å². The standard InChI is InChI=1S/C14H16FN3O/c1-2-17-12-6-4-8-18(14(12)19)13-7-3-5-11(15)10(13)9-16/h3,5,7,12,17H,2,4,6,8H2,1H3. The second-order valence-corrected chi connectivity index (χ2v) is 4.49. The molecule has 1 amide bonds. The highest BCUT2D eigenvalue weighted by Crippen LogP contribution is 2.26. The topological polar surface area (TPSA) is 56.1 Å². The number of nitrogens with one attached hydrogen (secondary N) is 1. The molecule has 1 aliphatic heterocycles. The molecule has 1 saturated heterocycles. The summed E-state index contributed by atoms with van der Waals surface area (Å²) >= 11 is 0. The van der Waals surface area contributed by atoms with Crippen LogP contribution in [0.25, 0.3) is 0 Å². The van der Waals surface area contributed by atoms with E-state index in [-0.39, 0.29) is 17.5 Å². The van der Waals surface area contributed by atoms with Gasteiger partial charge in [-0.15, -0.1) is 0 Å². The minimum absolute atomic E-state index is 0.0620. The average molecular weight is 261 g/mol. The number of nitrogens with zero attached hydrogens (tertiary/aromatic N) is 2. The smallest absolute Gasteiger partial charge is 0.244 e. The molecule has 100 valence electrons. The first-order chi connectivity index (χ1) is 9.19. The first-order valence-corrected chi connectivity index (χ1v) is 6.42. The number of amides is 1. The van der Waals surface area contributed by atoms with E-state index in [0.717, 1.165) is 12.8 Å². The predicted octanol–water partition coefficient (Wildman–Crippen LogP) is 1.80. The monoisotopic (exact) mass is 261 g/mol. The van der Waals surface area contributed by atoms with Crippen molar-refractivity contribution in [2.45, 2.75) is 25.8 Å². The quantitative estimate of drug-likeness (QED) is 0.902. The summed E-state index contributed by atoms with van der Waals surface area (Å²) in [6.07, 6.45) is 1.62. The number of rotatable bonds is 3. The summed E-state index contributed by atoms with van der Waals surface area (Å²) in [7, 11) is 0. The number of carbonyl (C=O) groups is 1. The van der Waals surface area contributed by atoms with E-state index < -0.39 is 5.82 Å². The third-order valence-electron chi connectivity index (χ3n) is 3.28. The van der Waals surface area contributed by atoms with Crippen molar-refractivity contribution in [1.82, 2.24) is 5.32 Å². The minimum Gasteiger partial charge on any atom is -0.310 e. The lowest BCUT2D eigenvalue weighted by Crippen LogP contribution is -2.51. The lowest BCUT2D eigenvalue weighted by atomic mass is 10.0. The van der Waals surface area contributed by atoms with Crippen molar-refractivity contribution >= 4 is 11.6 Å². The molecule has 2 rings (SSSR count). The zero-order chi connectivity index (χ0) is 13.8. The number of halogens is 1. The molecule has 4 nitrogen and oxygen atoms in total. The molecule has 1 aliphatic rings. The van der Waals surface area contributed by atoms with Crippen molar-refractivity contribution in [1.29, 1.82) is 5.26 Å². The molecule has 5 heteroatoms. The molecule has 1 unspecified atom stereocenters.